The lowest BCUT2D eigenvalue weighted by molar-refractivity contribution is -0.192. The van der Waals surface area contributed by atoms with Gasteiger partial charge in [-0.05, 0) is 36.2 Å². The highest BCUT2D eigenvalue weighted by Gasteiger charge is 2.38. The van der Waals surface area contributed by atoms with Crippen LogP contribution in [0.5, 0.6) is 5.75 Å². The van der Waals surface area contributed by atoms with E-state index in [4.69, 9.17) is 14.6 Å². The highest BCUT2D eigenvalue weighted by Crippen LogP contribution is 2.21. The van der Waals surface area contributed by atoms with E-state index in [2.05, 4.69) is 20.2 Å². The summed E-state index contributed by atoms with van der Waals surface area (Å²) in [6.45, 7) is 2.18. The second-order valence-corrected chi connectivity index (χ2v) is 6.59. The zero-order valence-electron chi connectivity index (χ0n) is 16.6. The summed E-state index contributed by atoms with van der Waals surface area (Å²) in [5.41, 5.74) is 3.33. The van der Waals surface area contributed by atoms with E-state index in [0.29, 0.717) is 16.7 Å². The number of aryl methyl sites for hydroxylation is 1. The summed E-state index contributed by atoms with van der Waals surface area (Å²) in [7, 11) is 0. The van der Waals surface area contributed by atoms with Crippen molar-refractivity contribution in [3.8, 4) is 16.9 Å². The first-order valence-corrected chi connectivity index (χ1v) is 9.16. The van der Waals surface area contributed by atoms with Gasteiger partial charge in [-0.3, -0.25) is 9.89 Å². The monoisotopic (exact) mass is 446 g/mol. The number of fused-ring (bicyclic) bond motifs is 1. The van der Waals surface area contributed by atoms with Gasteiger partial charge in [0.2, 0.25) is 0 Å². The number of aliphatic carboxylic acids is 1. The molecule has 0 saturated carbocycles. The number of aromatic nitrogens is 4. The summed E-state index contributed by atoms with van der Waals surface area (Å²) in [6.07, 6.45) is -1.58. The number of hydrogen-bond acceptors (Lipinski definition) is 5. The second kappa shape index (κ2) is 9.33. The summed E-state index contributed by atoms with van der Waals surface area (Å²) in [4.78, 5) is 28.6. The van der Waals surface area contributed by atoms with Crippen molar-refractivity contribution in [1.29, 1.82) is 0 Å². The molecule has 2 aromatic carbocycles. The Balaban J connectivity index is 0.000000360. The van der Waals surface area contributed by atoms with Crippen molar-refractivity contribution in [2.45, 2.75) is 19.7 Å². The van der Waals surface area contributed by atoms with Gasteiger partial charge in [0.25, 0.3) is 5.56 Å². The highest BCUT2D eigenvalue weighted by atomic mass is 19.4. The number of H-pyrrole nitrogens is 2. The molecule has 0 spiro atoms. The molecule has 11 heteroatoms. The number of rotatable bonds is 4. The van der Waals surface area contributed by atoms with Crippen molar-refractivity contribution in [2.24, 2.45) is 0 Å². The Hall–Kier alpha value is -4.15. The van der Waals surface area contributed by atoms with E-state index in [-0.39, 0.29) is 12.2 Å². The minimum Gasteiger partial charge on any atom is -0.485 e. The van der Waals surface area contributed by atoms with E-state index >= 15 is 0 Å². The molecule has 8 nitrogen and oxygen atoms in total. The summed E-state index contributed by atoms with van der Waals surface area (Å²) < 4.78 is 37.5. The number of carboxylic acids is 1. The van der Waals surface area contributed by atoms with Gasteiger partial charge in [-0.2, -0.15) is 18.3 Å². The fraction of sp³-hybridized carbons (Fsp3) is 0.143. The number of benzene rings is 2. The van der Waals surface area contributed by atoms with Gasteiger partial charge in [0.1, 0.15) is 18.2 Å². The van der Waals surface area contributed by atoms with Crippen molar-refractivity contribution < 1.29 is 27.8 Å². The van der Waals surface area contributed by atoms with Crippen LogP contribution in [0.25, 0.3) is 22.0 Å². The van der Waals surface area contributed by atoms with Crippen molar-refractivity contribution in [3.63, 3.8) is 0 Å². The molecular formula is C21H17F3N4O4. The highest BCUT2D eigenvalue weighted by molar-refractivity contribution is 5.83. The van der Waals surface area contributed by atoms with E-state index in [0.717, 1.165) is 22.4 Å². The quantitative estimate of drug-likeness (QED) is 0.438. The third-order valence-corrected chi connectivity index (χ3v) is 4.29. The number of aromatic amines is 2. The van der Waals surface area contributed by atoms with E-state index in [1.54, 1.807) is 12.4 Å². The molecule has 0 saturated heterocycles. The van der Waals surface area contributed by atoms with Crippen LogP contribution in [-0.4, -0.2) is 37.4 Å². The SMILES string of the molecule is Cc1ccccc1OCc1nc2ccc(-c3cn[nH]c3)cc2c(=O)[nH]1.O=C(O)C(F)(F)F. The molecule has 0 atom stereocenters. The number of hydrogen-bond donors (Lipinski definition) is 3. The van der Waals surface area contributed by atoms with Crippen LogP contribution in [-0.2, 0) is 11.4 Å². The molecule has 0 bridgehead atoms. The normalized spacial score (nSPS) is 11.0. The number of ether oxygens (including phenoxy) is 1. The minimum absolute atomic E-state index is 0.182. The molecule has 0 radical (unpaired) electrons. The maximum atomic E-state index is 12.4. The van der Waals surface area contributed by atoms with Gasteiger partial charge in [-0.15, -0.1) is 0 Å². The van der Waals surface area contributed by atoms with E-state index in [1.807, 2.05) is 49.4 Å². The molecule has 0 unspecified atom stereocenters. The van der Waals surface area contributed by atoms with Crippen molar-refractivity contribution in [2.75, 3.05) is 0 Å². The Morgan fingerprint density at radius 2 is 1.88 bits per heavy atom. The van der Waals surface area contributed by atoms with Crippen molar-refractivity contribution in [1.82, 2.24) is 20.2 Å². The average molecular weight is 446 g/mol. The number of para-hydroxylation sites is 1. The van der Waals surface area contributed by atoms with Gasteiger partial charge in [-0.1, -0.05) is 24.3 Å². The zero-order chi connectivity index (χ0) is 23.3. The Labute approximate surface area is 178 Å². The van der Waals surface area contributed by atoms with Crippen molar-refractivity contribution >= 4 is 16.9 Å². The molecule has 4 rings (SSSR count). The lowest BCUT2D eigenvalue weighted by Gasteiger charge is -2.09. The van der Waals surface area contributed by atoms with Crippen molar-refractivity contribution in [3.05, 3.63) is 76.6 Å². The molecule has 3 N–H and O–H groups in total. The Kier molecular flexibility index (Phi) is 6.57. The molecule has 0 amide bonds. The van der Waals surface area contributed by atoms with Crippen LogP contribution >= 0.6 is 0 Å². The number of nitrogens with one attached hydrogen (secondary N) is 2. The predicted molar refractivity (Wildman–Crippen MR) is 109 cm³/mol. The van der Waals surface area contributed by atoms with E-state index in [1.165, 1.54) is 0 Å². The topological polar surface area (TPSA) is 121 Å². The number of carboxylic acid groups (broad SMARTS) is 1. The van der Waals surface area contributed by atoms with Gasteiger partial charge < -0.3 is 14.8 Å². The number of nitrogens with zero attached hydrogens (tertiary/aromatic N) is 2. The molecule has 166 valence electrons. The molecule has 0 aliphatic heterocycles. The average Bonchev–Trinajstić information content (AvgIpc) is 3.28. The van der Waals surface area contributed by atoms with Crippen LogP contribution in [0.3, 0.4) is 0 Å². The minimum atomic E-state index is -5.08. The largest absolute Gasteiger partial charge is 0.490 e. The lowest BCUT2D eigenvalue weighted by Crippen LogP contribution is -2.21. The van der Waals surface area contributed by atoms with Crippen LogP contribution in [0, 0.1) is 6.92 Å². The van der Waals surface area contributed by atoms with Crippen LogP contribution in [0.1, 0.15) is 11.4 Å². The first-order chi connectivity index (χ1) is 15.1. The van der Waals surface area contributed by atoms with Crippen LogP contribution < -0.4 is 10.3 Å². The molecule has 4 aromatic rings. The molecular weight excluding hydrogens is 429 g/mol. The van der Waals surface area contributed by atoms with Crippen LogP contribution in [0.2, 0.25) is 0 Å². The maximum Gasteiger partial charge on any atom is 0.490 e. The zero-order valence-corrected chi connectivity index (χ0v) is 16.6. The fourth-order valence-electron chi connectivity index (χ4n) is 2.71. The number of alkyl halides is 3. The summed E-state index contributed by atoms with van der Waals surface area (Å²) in [5.74, 6) is -1.48. The molecule has 0 fully saturated rings. The van der Waals surface area contributed by atoms with Gasteiger partial charge in [0, 0.05) is 11.8 Å². The fourth-order valence-corrected chi connectivity index (χ4v) is 2.71. The van der Waals surface area contributed by atoms with Gasteiger partial charge >= 0.3 is 12.1 Å². The molecule has 0 aliphatic carbocycles. The smallest absolute Gasteiger partial charge is 0.485 e. The van der Waals surface area contributed by atoms with E-state index < -0.39 is 12.1 Å². The first kappa shape index (κ1) is 22.5. The second-order valence-electron chi connectivity index (χ2n) is 6.59. The third kappa shape index (κ3) is 5.50. The Bertz CT molecular complexity index is 1280. The first-order valence-electron chi connectivity index (χ1n) is 9.16. The molecule has 0 aliphatic rings. The van der Waals surface area contributed by atoms with Crippen LogP contribution in [0.15, 0.2) is 59.7 Å². The number of carbonyl (C=O) groups is 1. The third-order valence-electron chi connectivity index (χ3n) is 4.29. The summed E-state index contributed by atoms with van der Waals surface area (Å²) in [5, 5.41) is 14.4. The maximum absolute atomic E-state index is 12.4. The van der Waals surface area contributed by atoms with Gasteiger partial charge in [-0.25, -0.2) is 9.78 Å². The standard InChI is InChI=1S/C19H16N4O2.C2HF3O2/c1-12-4-2-3-5-17(12)25-11-18-22-16-7-6-13(14-9-20-21-10-14)8-15(16)19(24)23-18;3-2(4,5)1(6)7/h2-10H,11H2,1H3,(H,20,21)(H,22,23,24);(H,6,7). The van der Waals surface area contributed by atoms with E-state index in [9.17, 15) is 18.0 Å². The lowest BCUT2D eigenvalue weighted by atomic mass is 10.1. The van der Waals surface area contributed by atoms with Gasteiger partial charge in [0.15, 0.2) is 0 Å². The molecule has 2 heterocycles. The summed E-state index contributed by atoms with van der Waals surface area (Å²) >= 11 is 0. The van der Waals surface area contributed by atoms with Gasteiger partial charge in [0.05, 0.1) is 17.1 Å². The number of halogens is 3. The predicted octanol–water partition coefficient (Wildman–Crippen LogP) is 3.83. The van der Waals surface area contributed by atoms with Crippen LogP contribution in [0.4, 0.5) is 13.2 Å². The molecule has 2 aromatic heterocycles. The Morgan fingerprint density at radius 3 is 2.50 bits per heavy atom. The molecule has 32 heavy (non-hydrogen) atoms. The Morgan fingerprint density at radius 1 is 1.16 bits per heavy atom. The summed E-state index contributed by atoms with van der Waals surface area (Å²) in [6, 6.07) is 13.3.